The zero-order chi connectivity index (χ0) is 8.69. The minimum Gasteiger partial charge on any atom is -0.383 e. The molecule has 0 aliphatic rings. The van der Waals surface area contributed by atoms with E-state index in [0.717, 1.165) is 6.54 Å². The molecule has 0 aliphatic heterocycles. The highest BCUT2D eigenvalue weighted by atomic mass is 16.5. The molecule has 0 fully saturated rings. The minimum absolute atomic E-state index is 0.191. The van der Waals surface area contributed by atoms with Gasteiger partial charge in [0.15, 0.2) is 0 Å². The van der Waals surface area contributed by atoms with Gasteiger partial charge in [0, 0.05) is 13.7 Å². The number of nitrogens with one attached hydrogen (secondary N) is 1. The first kappa shape index (κ1) is 10.3. The largest absolute Gasteiger partial charge is 0.383 e. The van der Waals surface area contributed by atoms with Gasteiger partial charge >= 0.3 is 0 Å². The SMILES string of the molecule is COCCN(C)CC(=O)NN. The maximum absolute atomic E-state index is 10.7. The second kappa shape index (κ2) is 6.09. The number of ether oxygens (including phenoxy) is 1. The zero-order valence-corrected chi connectivity index (χ0v) is 6.96. The molecule has 0 aromatic carbocycles. The van der Waals surface area contributed by atoms with Crippen LogP contribution in [0.5, 0.6) is 0 Å². The maximum Gasteiger partial charge on any atom is 0.248 e. The Hall–Kier alpha value is -0.650. The van der Waals surface area contributed by atoms with Gasteiger partial charge in [-0.1, -0.05) is 0 Å². The number of amides is 1. The van der Waals surface area contributed by atoms with Crippen LogP contribution >= 0.6 is 0 Å². The molecule has 0 spiro atoms. The lowest BCUT2D eigenvalue weighted by molar-refractivity contribution is -0.122. The van der Waals surface area contributed by atoms with Crippen LogP contribution in [-0.4, -0.2) is 44.7 Å². The van der Waals surface area contributed by atoms with Crippen molar-refractivity contribution in [3.05, 3.63) is 0 Å². The third kappa shape index (κ3) is 5.78. The van der Waals surface area contributed by atoms with Gasteiger partial charge in [0.25, 0.3) is 0 Å². The third-order valence-electron chi connectivity index (χ3n) is 1.25. The van der Waals surface area contributed by atoms with Crippen LogP contribution in [0, 0.1) is 0 Å². The first-order chi connectivity index (χ1) is 5.20. The number of rotatable bonds is 5. The number of carbonyl (C=O) groups excluding carboxylic acids is 1. The molecule has 0 aliphatic carbocycles. The van der Waals surface area contributed by atoms with Crippen molar-refractivity contribution in [2.45, 2.75) is 0 Å². The second-order valence-electron chi connectivity index (χ2n) is 2.30. The molecule has 0 saturated carbocycles. The van der Waals surface area contributed by atoms with Gasteiger partial charge in [-0.15, -0.1) is 0 Å². The number of methoxy groups -OCH3 is 1. The molecule has 0 heterocycles. The molecule has 66 valence electrons. The minimum atomic E-state index is -0.191. The molecule has 0 unspecified atom stereocenters. The summed E-state index contributed by atoms with van der Waals surface area (Å²) < 4.78 is 4.82. The molecule has 0 rings (SSSR count). The fourth-order valence-electron chi connectivity index (χ4n) is 0.617. The average molecular weight is 161 g/mol. The highest BCUT2D eigenvalue weighted by molar-refractivity contribution is 5.77. The Morgan fingerprint density at radius 3 is 2.82 bits per heavy atom. The second-order valence-corrected chi connectivity index (χ2v) is 2.30. The van der Waals surface area contributed by atoms with E-state index in [1.165, 1.54) is 0 Å². The van der Waals surface area contributed by atoms with E-state index >= 15 is 0 Å². The molecule has 0 aromatic rings. The van der Waals surface area contributed by atoms with Crippen molar-refractivity contribution in [2.24, 2.45) is 5.84 Å². The van der Waals surface area contributed by atoms with Gasteiger partial charge in [0.05, 0.1) is 13.2 Å². The molecule has 0 saturated heterocycles. The standard InChI is InChI=1S/C6H15N3O2/c1-9(3-4-11-2)5-6(10)8-7/h3-5,7H2,1-2H3,(H,8,10). The summed E-state index contributed by atoms with van der Waals surface area (Å²) in [6.07, 6.45) is 0. The zero-order valence-electron chi connectivity index (χ0n) is 6.96. The van der Waals surface area contributed by atoms with Crippen LogP contribution in [0.3, 0.4) is 0 Å². The van der Waals surface area contributed by atoms with Crippen LogP contribution in [0.4, 0.5) is 0 Å². The molecule has 5 nitrogen and oxygen atoms in total. The molecule has 0 bridgehead atoms. The van der Waals surface area contributed by atoms with Gasteiger partial charge < -0.3 is 4.74 Å². The molecule has 0 aromatic heterocycles. The van der Waals surface area contributed by atoms with Crippen LogP contribution in [0.1, 0.15) is 0 Å². The molecule has 1 amide bonds. The molecule has 0 radical (unpaired) electrons. The number of nitrogens with zero attached hydrogens (tertiary/aromatic N) is 1. The quantitative estimate of drug-likeness (QED) is 0.294. The Balaban J connectivity index is 3.35. The van der Waals surface area contributed by atoms with Gasteiger partial charge in [0.2, 0.25) is 5.91 Å². The van der Waals surface area contributed by atoms with Crippen molar-refractivity contribution in [1.82, 2.24) is 10.3 Å². The van der Waals surface area contributed by atoms with Crippen LogP contribution < -0.4 is 11.3 Å². The third-order valence-corrected chi connectivity index (χ3v) is 1.25. The van der Waals surface area contributed by atoms with Crippen LogP contribution in [0.25, 0.3) is 0 Å². The topological polar surface area (TPSA) is 67.6 Å². The Morgan fingerprint density at radius 1 is 1.73 bits per heavy atom. The lowest BCUT2D eigenvalue weighted by Gasteiger charge is -2.13. The summed E-state index contributed by atoms with van der Waals surface area (Å²) in [7, 11) is 3.45. The van der Waals surface area contributed by atoms with E-state index in [2.05, 4.69) is 5.43 Å². The van der Waals surface area contributed by atoms with E-state index in [-0.39, 0.29) is 5.91 Å². The summed E-state index contributed by atoms with van der Waals surface area (Å²) in [5.41, 5.74) is 2.05. The number of hydrogen-bond acceptors (Lipinski definition) is 4. The number of hydrogen-bond donors (Lipinski definition) is 2. The summed E-state index contributed by atoms with van der Waals surface area (Å²) in [6.45, 7) is 1.65. The van der Waals surface area contributed by atoms with Crippen LogP contribution in [0.15, 0.2) is 0 Å². The van der Waals surface area contributed by atoms with Crippen molar-refractivity contribution >= 4 is 5.91 Å². The fraction of sp³-hybridized carbons (Fsp3) is 0.833. The molecule has 11 heavy (non-hydrogen) atoms. The summed E-state index contributed by atoms with van der Waals surface area (Å²) in [5, 5.41) is 0. The first-order valence-corrected chi connectivity index (χ1v) is 3.37. The van der Waals surface area contributed by atoms with E-state index in [1.54, 1.807) is 7.11 Å². The van der Waals surface area contributed by atoms with E-state index in [0.29, 0.717) is 13.2 Å². The normalized spacial score (nSPS) is 10.2. The molecule has 3 N–H and O–H groups in total. The van der Waals surface area contributed by atoms with Crippen molar-refractivity contribution in [3.63, 3.8) is 0 Å². The molecular formula is C6H15N3O2. The number of nitrogens with two attached hydrogens (primary N) is 1. The summed E-state index contributed by atoms with van der Waals surface area (Å²) >= 11 is 0. The average Bonchev–Trinajstić information content (AvgIpc) is 2.00. The van der Waals surface area contributed by atoms with Crippen LogP contribution in [0.2, 0.25) is 0 Å². The number of hydrazine groups is 1. The summed E-state index contributed by atoms with van der Waals surface area (Å²) in [6, 6.07) is 0. The van der Waals surface area contributed by atoms with Gasteiger partial charge in [-0.2, -0.15) is 0 Å². The lowest BCUT2D eigenvalue weighted by atomic mass is 10.5. The fourth-order valence-corrected chi connectivity index (χ4v) is 0.617. The highest BCUT2D eigenvalue weighted by Gasteiger charge is 2.02. The van der Waals surface area contributed by atoms with Crippen LogP contribution in [-0.2, 0) is 9.53 Å². The van der Waals surface area contributed by atoms with Crippen molar-refractivity contribution in [3.8, 4) is 0 Å². The molecule has 0 atom stereocenters. The Morgan fingerprint density at radius 2 is 2.36 bits per heavy atom. The predicted octanol–water partition coefficient (Wildman–Crippen LogP) is -1.45. The lowest BCUT2D eigenvalue weighted by Crippen LogP contribution is -2.39. The first-order valence-electron chi connectivity index (χ1n) is 3.37. The van der Waals surface area contributed by atoms with E-state index in [9.17, 15) is 4.79 Å². The van der Waals surface area contributed by atoms with Crippen molar-refractivity contribution in [1.29, 1.82) is 0 Å². The Kier molecular flexibility index (Phi) is 5.73. The predicted molar refractivity (Wildman–Crippen MR) is 41.7 cm³/mol. The molecular weight excluding hydrogens is 146 g/mol. The van der Waals surface area contributed by atoms with Gasteiger partial charge in [-0.25, -0.2) is 5.84 Å². The monoisotopic (exact) mass is 161 g/mol. The van der Waals surface area contributed by atoms with E-state index in [1.807, 2.05) is 11.9 Å². The van der Waals surface area contributed by atoms with Crippen molar-refractivity contribution in [2.75, 3.05) is 33.9 Å². The highest BCUT2D eigenvalue weighted by Crippen LogP contribution is 1.80. The number of likely N-dealkylation sites (N-methyl/N-ethyl adjacent to an activating group) is 1. The number of carbonyl (C=O) groups is 1. The Bertz CT molecular complexity index is 118. The van der Waals surface area contributed by atoms with Gasteiger partial charge in [-0.05, 0) is 7.05 Å². The summed E-state index contributed by atoms with van der Waals surface area (Å²) in [5.74, 6) is 4.70. The van der Waals surface area contributed by atoms with E-state index < -0.39 is 0 Å². The summed E-state index contributed by atoms with van der Waals surface area (Å²) in [4.78, 5) is 12.5. The maximum atomic E-state index is 10.7. The van der Waals surface area contributed by atoms with Gasteiger partial charge in [0.1, 0.15) is 0 Å². The van der Waals surface area contributed by atoms with Crippen molar-refractivity contribution < 1.29 is 9.53 Å². The Labute approximate surface area is 66.5 Å². The van der Waals surface area contributed by atoms with Gasteiger partial charge in [-0.3, -0.25) is 15.1 Å². The molecule has 5 heteroatoms. The smallest absolute Gasteiger partial charge is 0.248 e. The van der Waals surface area contributed by atoms with E-state index in [4.69, 9.17) is 10.6 Å².